The molecule has 7 nitrogen and oxygen atoms in total. The van der Waals surface area contributed by atoms with E-state index in [4.69, 9.17) is 0 Å². The summed E-state index contributed by atoms with van der Waals surface area (Å²) in [7, 11) is -1.61. The Balaban J connectivity index is 1.79. The van der Waals surface area contributed by atoms with Crippen LogP contribution in [-0.4, -0.2) is 58.8 Å². The molecule has 8 heteroatoms. The first-order valence-electron chi connectivity index (χ1n) is 11.5. The maximum atomic E-state index is 12.9. The van der Waals surface area contributed by atoms with Gasteiger partial charge in [0.15, 0.2) is 0 Å². The van der Waals surface area contributed by atoms with Crippen molar-refractivity contribution in [3.63, 3.8) is 0 Å². The average Bonchev–Trinajstić information content (AvgIpc) is 3.07. The summed E-state index contributed by atoms with van der Waals surface area (Å²) < 4.78 is 29.1. The summed E-state index contributed by atoms with van der Waals surface area (Å²) in [6.45, 7) is 9.75. The second-order valence-electron chi connectivity index (χ2n) is 8.72. The normalized spacial score (nSPS) is 17.8. The number of aromatic nitrogens is 2. The van der Waals surface area contributed by atoms with Crippen molar-refractivity contribution in [2.75, 3.05) is 19.6 Å². The molecule has 3 rings (SSSR count). The van der Waals surface area contributed by atoms with Crippen LogP contribution in [0.25, 0.3) is 11.0 Å². The Kier molecular flexibility index (Phi) is 7.42. The molecule has 0 N–H and O–H groups in total. The van der Waals surface area contributed by atoms with Gasteiger partial charge in [0.1, 0.15) is 5.82 Å². The zero-order chi connectivity index (χ0) is 22.8. The van der Waals surface area contributed by atoms with E-state index in [2.05, 4.69) is 23.7 Å². The highest BCUT2D eigenvalue weighted by Crippen LogP contribution is 2.25. The maximum Gasteiger partial charge on any atom is 0.243 e. The average molecular weight is 449 g/mol. The van der Waals surface area contributed by atoms with E-state index in [1.165, 1.54) is 10.7 Å². The number of benzene rings is 1. The molecule has 2 heterocycles. The summed E-state index contributed by atoms with van der Waals surface area (Å²) in [6.07, 6.45) is 4.31. The highest BCUT2D eigenvalue weighted by atomic mass is 32.2. The largest absolute Gasteiger partial charge is 0.339 e. The minimum atomic E-state index is -3.53. The molecular formula is C23H36N4O3S. The SMILES string of the molecule is CCN(CC)S(=O)(=O)c1ccc2c(c1)nc(CCC(=O)N1CCCCC1C(C)C)n2C. The lowest BCUT2D eigenvalue weighted by molar-refractivity contribution is -0.136. The number of sulfonamides is 1. The minimum absolute atomic E-state index is 0.190. The predicted molar refractivity (Wildman–Crippen MR) is 123 cm³/mol. The third-order valence-electron chi connectivity index (χ3n) is 6.49. The third-order valence-corrected chi connectivity index (χ3v) is 8.54. The van der Waals surface area contributed by atoms with Crippen LogP contribution in [0, 0.1) is 5.92 Å². The Bertz CT molecular complexity index is 1020. The van der Waals surface area contributed by atoms with Gasteiger partial charge in [0.2, 0.25) is 15.9 Å². The Morgan fingerprint density at radius 2 is 1.94 bits per heavy atom. The lowest BCUT2D eigenvalue weighted by Gasteiger charge is -2.38. The molecule has 0 saturated carbocycles. The number of hydrogen-bond donors (Lipinski definition) is 0. The molecule has 0 aliphatic carbocycles. The number of fused-ring (bicyclic) bond motifs is 1. The fourth-order valence-electron chi connectivity index (χ4n) is 4.65. The van der Waals surface area contributed by atoms with Gasteiger partial charge in [-0.05, 0) is 43.4 Å². The number of nitrogens with zero attached hydrogens (tertiary/aromatic N) is 4. The maximum absolute atomic E-state index is 12.9. The summed E-state index contributed by atoms with van der Waals surface area (Å²) in [5, 5.41) is 0. The second-order valence-corrected chi connectivity index (χ2v) is 10.7. The van der Waals surface area contributed by atoms with Crippen molar-refractivity contribution < 1.29 is 13.2 Å². The summed E-state index contributed by atoms with van der Waals surface area (Å²) >= 11 is 0. The van der Waals surface area contributed by atoms with Crippen LogP contribution in [0.1, 0.15) is 59.2 Å². The van der Waals surface area contributed by atoms with Crippen molar-refractivity contribution in [3.05, 3.63) is 24.0 Å². The molecule has 2 aromatic rings. The Labute approximate surface area is 186 Å². The van der Waals surface area contributed by atoms with Gasteiger partial charge in [-0.15, -0.1) is 0 Å². The molecule has 172 valence electrons. The molecular weight excluding hydrogens is 412 g/mol. The van der Waals surface area contributed by atoms with Gasteiger partial charge < -0.3 is 9.47 Å². The molecule has 1 atom stereocenters. The van der Waals surface area contributed by atoms with Gasteiger partial charge >= 0.3 is 0 Å². The molecule has 0 radical (unpaired) electrons. The Morgan fingerprint density at radius 1 is 1.23 bits per heavy atom. The molecule has 0 spiro atoms. The van der Waals surface area contributed by atoms with Crippen LogP contribution in [0.4, 0.5) is 0 Å². The highest BCUT2D eigenvalue weighted by Gasteiger charge is 2.29. The van der Waals surface area contributed by atoms with Gasteiger partial charge in [0.05, 0.1) is 15.9 Å². The van der Waals surface area contributed by atoms with Crippen LogP contribution in [0.3, 0.4) is 0 Å². The number of imidazole rings is 1. The molecule has 1 fully saturated rings. The predicted octanol–water partition coefficient (Wildman–Crippen LogP) is 3.57. The number of aryl methyl sites for hydroxylation is 2. The lowest BCUT2D eigenvalue weighted by atomic mass is 9.92. The monoisotopic (exact) mass is 448 g/mol. The van der Waals surface area contributed by atoms with Gasteiger partial charge in [-0.3, -0.25) is 4.79 Å². The first-order chi connectivity index (χ1) is 14.7. The number of likely N-dealkylation sites (tertiary alicyclic amines) is 1. The fraction of sp³-hybridized carbons (Fsp3) is 0.652. The van der Waals surface area contributed by atoms with Crippen LogP contribution in [-0.2, 0) is 28.3 Å². The van der Waals surface area contributed by atoms with Crippen LogP contribution in [0.2, 0.25) is 0 Å². The number of hydrogen-bond acceptors (Lipinski definition) is 4. The quantitative estimate of drug-likeness (QED) is 0.619. The zero-order valence-corrected chi connectivity index (χ0v) is 20.3. The fourth-order valence-corrected chi connectivity index (χ4v) is 6.13. The van der Waals surface area contributed by atoms with Gasteiger partial charge in [0.25, 0.3) is 0 Å². The van der Waals surface area contributed by atoms with Crippen molar-refractivity contribution in [2.45, 2.75) is 70.7 Å². The molecule has 1 aromatic carbocycles. The Morgan fingerprint density at radius 3 is 2.58 bits per heavy atom. The van der Waals surface area contributed by atoms with Crippen LogP contribution >= 0.6 is 0 Å². The molecule has 1 aromatic heterocycles. The van der Waals surface area contributed by atoms with Crippen LogP contribution in [0.5, 0.6) is 0 Å². The van der Waals surface area contributed by atoms with E-state index in [9.17, 15) is 13.2 Å². The summed E-state index contributed by atoms with van der Waals surface area (Å²) in [5.41, 5.74) is 1.52. The minimum Gasteiger partial charge on any atom is -0.339 e. The van der Waals surface area contributed by atoms with E-state index >= 15 is 0 Å². The molecule has 1 unspecified atom stereocenters. The van der Waals surface area contributed by atoms with Crippen LogP contribution in [0.15, 0.2) is 23.1 Å². The van der Waals surface area contributed by atoms with Gasteiger partial charge in [-0.2, -0.15) is 4.31 Å². The molecule has 31 heavy (non-hydrogen) atoms. The number of carbonyl (C=O) groups is 1. The second kappa shape index (κ2) is 9.69. The van der Waals surface area contributed by atoms with E-state index in [0.717, 1.165) is 30.7 Å². The van der Waals surface area contributed by atoms with Crippen molar-refractivity contribution in [1.82, 2.24) is 18.8 Å². The van der Waals surface area contributed by atoms with Crippen molar-refractivity contribution >= 4 is 27.0 Å². The van der Waals surface area contributed by atoms with Crippen LogP contribution < -0.4 is 0 Å². The third kappa shape index (κ3) is 4.80. The number of amides is 1. The van der Waals surface area contributed by atoms with Gasteiger partial charge in [-0.25, -0.2) is 13.4 Å². The van der Waals surface area contributed by atoms with E-state index in [1.54, 1.807) is 12.1 Å². The molecule has 1 aliphatic heterocycles. The van der Waals surface area contributed by atoms with Crippen molar-refractivity contribution in [1.29, 1.82) is 0 Å². The number of carbonyl (C=O) groups excluding carboxylic acids is 1. The summed E-state index contributed by atoms with van der Waals surface area (Å²) in [6, 6.07) is 5.43. The van der Waals surface area contributed by atoms with E-state index in [1.807, 2.05) is 31.5 Å². The first kappa shape index (κ1) is 23.7. The number of rotatable bonds is 8. The molecule has 1 saturated heterocycles. The highest BCUT2D eigenvalue weighted by molar-refractivity contribution is 7.89. The van der Waals surface area contributed by atoms with Crippen molar-refractivity contribution in [3.8, 4) is 0 Å². The van der Waals surface area contributed by atoms with E-state index < -0.39 is 10.0 Å². The Hall–Kier alpha value is -1.93. The molecule has 0 bridgehead atoms. The van der Waals surface area contributed by atoms with E-state index in [0.29, 0.717) is 43.4 Å². The lowest BCUT2D eigenvalue weighted by Crippen LogP contribution is -2.46. The molecule has 1 amide bonds. The van der Waals surface area contributed by atoms with E-state index in [-0.39, 0.29) is 10.8 Å². The standard InChI is InChI=1S/C23H36N4O3S/c1-6-26(7-2)31(29,30)18-11-12-21-19(16-18)24-22(25(21)5)13-14-23(28)27-15-9-8-10-20(27)17(3)4/h11-12,16-17,20H,6-10,13-15H2,1-5H3. The zero-order valence-electron chi connectivity index (χ0n) is 19.5. The van der Waals surface area contributed by atoms with Crippen molar-refractivity contribution in [2.24, 2.45) is 13.0 Å². The first-order valence-corrected chi connectivity index (χ1v) is 12.9. The molecule has 1 aliphatic rings. The smallest absolute Gasteiger partial charge is 0.243 e. The summed E-state index contributed by atoms with van der Waals surface area (Å²) in [5.74, 6) is 1.46. The van der Waals surface area contributed by atoms with Gasteiger partial charge in [0, 0.05) is 45.6 Å². The topological polar surface area (TPSA) is 75.5 Å². The number of piperidine rings is 1. The summed E-state index contributed by atoms with van der Waals surface area (Å²) in [4.78, 5) is 19.9. The van der Waals surface area contributed by atoms with Gasteiger partial charge in [-0.1, -0.05) is 27.7 Å².